The average Bonchev–Trinajstić information content (AvgIpc) is 3.72. The first-order valence-corrected chi connectivity index (χ1v) is 14.9. The minimum atomic E-state index is -1.70. The highest BCUT2D eigenvalue weighted by Crippen LogP contribution is 2.61. The van der Waals surface area contributed by atoms with Crippen LogP contribution >= 0.6 is 0 Å². The Morgan fingerprint density at radius 2 is 1.59 bits per heavy atom. The molecule has 1 saturated carbocycles. The minimum Gasteiger partial charge on any atom is -0.508 e. The monoisotopic (exact) mass is 654 g/mol. The van der Waals surface area contributed by atoms with E-state index in [9.17, 15) is 45.6 Å². The number of rotatable bonds is 9. The van der Waals surface area contributed by atoms with Gasteiger partial charge in [-0.05, 0) is 36.8 Å². The summed E-state index contributed by atoms with van der Waals surface area (Å²) in [6.45, 7) is 0.399. The molecule has 6 rings (SSSR count). The van der Waals surface area contributed by atoms with Crippen molar-refractivity contribution in [3.63, 3.8) is 0 Å². The Balaban J connectivity index is 1.11. The lowest BCUT2D eigenvalue weighted by molar-refractivity contribution is -0.347. The third-order valence-electron chi connectivity index (χ3n) is 9.22. The first-order chi connectivity index (χ1) is 22.0. The van der Waals surface area contributed by atoms with Gasteiger partial charge in [0.1, 0.15) is 54.1 Å². The Labute approximate surface area is 262 Å². The topological polar surface area (TPSA) is 247 Å². The third-order valence-corrected chi connectivity index (χ3v) is 9.22. The Morgan fingerprint density at radius 1 is 0.891 bits per heavy atom. The number of aliphatic hydroxyl groups excluding tert-OH is 7. The highest BCUT2D eigenvalue weighted by atomic mass is 16.8. The van der Waals surface area contributed by atoms with Gasteiger partial charge in [-0.3, -0.25) is 0 Å². The van der Waals surface area contributed by atoms with Crippen LogP contribution in [0.2, 0.25) is 0 Å². The second-order valence-electron chi connectivity index (χ2n) is 12.0. The van der Waals surface area contributed by atoms with Crippen molar-refractivity contribution in [3.8, 4) is 5.75 Å². The normalized spacial score (nSPS) is 46.4. The van der Waals surface area contributed by atoms with E-state index in [1.807, 2.05) is 0 Å². The number of phenolic OH excluding ortho intramolecular Hbond substituents is 1. The Kier molecular flexibility index (Phi) is 9.43. The van der Waals surface area contributed by atoms with Crippen molar-refractivity contribution >= 4 is 12.0 Å². The van der Waals surface area contributed by atoms with Crippen molar-refractivity contribution in [3.05, 3.63) is 48.2 Å². The predicted molar refractivity (Wildman–Crippen MR) is 149 cm³/mol. The van der Waals surface area contributed by atoms with Crippen molar-refractivity contribution < 1.29 is 78.8 Å². The maximum absolute atomic E-state index is 12.5. The highest BCUT2D eigenvalue weighted by Gasteiger charge is 2.77. The molecule has 16 atom stereocenters. The van der Waals surface area contributed by atoms with Gasteiger partial charge < -0.3 is 74.0 Å². The van der Waals surface area contributed by atoms with E-state index in [4.69, 9.17) is 33.2 Å². The summed E-state index contributed by atoms with van der Waals surface area (Å²) in [5.41, 5.74) is -0.596. The summed E-state index contributed by atoms with van der Waals surface area (Å²) < 4.78 is 40.3. The van der Waals surface area contributed by atoms with Crippen LogP contribution in [0.4, 0.5) is 0 Å². The molecule has 4 fully saturated rings. The van der Waals surface area contributed by atoms with Gasteiger partial charge in [-0.2, -0.15) is 0 Å². The molecule has 4 heterocycles. The van der Waals surface area contributed by atoms with E-state index in [1.165, 1.54) is 31.4 Å². The molecule has 16 unspecified atom stereocenters. The number of hydrogen-bond acceptors (Lipinski definition) is 16. The molecule has 5 aliphatic rings. The summed E-state index contributed by atoms with van der Waals surface area (Å²) in [6, 6.07) is 6.09. The van der Waals surface area contributed by atoms with E-state index in [1.54, 1.807) is 18.2 Å². The number of phenols is 1. The molecule has 3 saturated heterocycles. The average molecular weight is 655 g/mol. The van der Waals surface area contributed by atoms with Crippen LogP contribution in [-0.4, -0.2) is 146 Å². The second-order valence-corrected chi connectivity index (χ2v) is 12.0. The SMILES string of the molecule is CC1OC(OC2C3C=COC(OC4OC(CO)C(O)C(O)C4O)C3C3(CO)OC23)C(O)C(O)C1OC(=O)C=Cc1ccc(O)cc1. The molecule has 46 heavy (non-hydrogen) atoms. The smallest absolute Gasteiger partial charge is 0.331 e. The Hall–Kier alpha value is -2.71. The number of benzene rings is 1. The van der Waals surface area contributed by atoms with E-state index >= 15 is 0 Å². The van der Waals surface area contributed by atoms with Gasteiger partial charge in [0.15, 0.2) is 18.7 Å². The number of carbonyl (C=O) groups excluding carboxylic acids is 1. The number of epoxide rings is 1. The molecule has 0 radical (unpaired) electrons. The zero-order chi connectivity index (χ0) is 32.9. The molecule has 0 spiro atoms. The van der Waals surface area contributed by atoms with E-state index in [2.05, 4.69) is 0 Å². The van der Waals surface area contributed by atoms with Crippen LogP contribution in [0.5, 0.6) is 5.75 Å². The predicted octanol–water partition coefficient (Wildman–Crippen LogP) is -2.77. The van der Waals surface area contributed by atoms with Crippen molar-refractivity contribution in [2.45, 2.75) is 92.4 Å². The van der Waals surface area contributed by atoms with Crippen molar-refractivity contribution in [1.29, 1.82) is 0 Å². The molecule has 1 aromatic carbocycles. The number of esters is 1. The quantitative estimate of drug-likeness (QED) is 0.0763. The summed E-state index contributed by atoms with van der Waals surface area (Å²) >= 11 is 0. The van der Waals surface area contributed by atoms with Crippen molar-refractivity contribution in [2.75, 3.05) is 13.2 Å². The first kappa shape index (κ1) is 33.2. The maximum atomic E-state index is 12.5. The summed E-state index contributed by atoms with van der Waals surface area (Å²) in [5.74, 6) is -2.03. The van der Waals surface area contributed by atoms with Gasteiger partial charge in [0.05, 0.1) is 37.6 Å². The van der Waals surface area contributed by atoms with Crippen LogP contribution in [0.25, 0.3) is 6.08 Å². The lowest BCUT2D eigenvalue weighted by atomic mass is 9.85. The van der Waals surface area contributed by atoms with E-state index < -0.39 is 117 Å². The molecule has 0 aromatic heterocycles. The lowest BCUT2D eigenvalue weighted by Crippen LogP contribution is -2.60. The van der Waals surface area contributed by atoms with Crippen molar-refractivity contribution in [2.24, 2.45) is 11.8 Å². The molecule has 1 aromatic rings. The van der Waals surface area contributed by atoms with Gasteiger partial charge in [-0.1, -0.05) is 12.1 Å². The molecule has 4 aliphatic heterocycles. The largest absolute Gasteiger partial charge is 0.508 e. The first-order valence-electron chi connectivity index (χ1n) is 14.9. The summed E-state index contributed by atoms with van der Waals surface area (Å²) in [7, 11) is 0. The molecule has 16 heteroatoms. The van der Waals surface area contributed by atoms with Gasteiger partial charge in [0.25, 0.3) is 0 Å². The van der Waals surface area contributed by atoms with Crippen LogP contribution in [0.1, 0.15) is 12.5 Å². The van der Waals surface area contributed by atoms with Crippen molar-refractivity contribution in [1.82, 2.24) is 0 Å². The molecule has 16 nitrogen and oxygen atoms in total. The number of aliphatic hydroxyl groups is 7. The number of ether oxygens (including phenoxy) is 7. The van der Waals surface area contributed by atoms with Gasteiger partial charge in [0.2, 0.25) is 6.29 Å². The summed E-state index contributed by atoms with van der Waals surface area (Å²) in [4.78, 5) is 12.5. The van der Waals surface area contributed by atoms with Crippen LogP contribution in [0.15, 0.2) is 42.7 Å². The standard InChI is InChI=1S/C30H38O16/c1-12-24(43-17(34)7-4-13-2-5-14(33)6-3-13)21(37)23(39)28(41-12)44-25-15-8-9-40-27(18(15)30(11-32)26(25)46-30)45-29-22(38)20(36)19(35)16(10-31)42-29/h2-9,12,15-16,18-29,31-33,35-39H,10-11H2,1H3. The third kappa shape index (κ3) is 5.93. The van der Waals surface area contributed by atoms with Crippen LogP contribution in [-0.2, 0) is 38.0 Å². The molecular formula is C30H38O16. The van der Waals surface area contributed by atoms with Gasteiger partial charge in [-0.15, -0.1) is 0 Å². The van der Waals surface area contributed by atoms with Gasteiger partial charge in [-0.25, -0.2) is 4.79 Å². The molecule has 0 bridgehead atoms. The summed E-state index contributed by atoms with van der Waals surface area (Å²) in [5, 5.41) is 81.9. The number of fused-ring (bicyclic) bond motifs is 3. The summed E-state index contributed by atoms with van der Waals surface area (Å²) in [6.07, 6.45) is -11.7. The zero-order valence-corrected chi connectivity index (χ0v) is 24.5. The van der Waals surface area contributed by atoms with E-state index in [0.29, 0.717) is 5.56 Å². The van der Waals surface area contributed by atoms with E-state index in [0.717, 1.165) is 6.08 Å². The number of carbonyl (C=O) groups is 1. The van der Waals surface area contributed by atoms with E-state index in [-0.39, 0.29) is 5.75 Å². The molecule has 254 valence electrons. The Morgan fingerprint density at radius 3 is 2.28 bits per heavy atom. The fraction of sp³-hybridized carbons (Fsp3) is 0.633. The van der Waals surface area contributed by atoms with Gasteiger partial charge >= 0.3 is 5.97 Å². The second kappa shape index (κ2) is 13.1. The van der Waals surface area contributed by atoms with Crippen LogP contribution in [0.3, 0.4) is 0 Å². The Bertz CT molecular complexity index is 1290. The molecule has 0 amide bonds. The minimum absolute atomic E-state index is 0.0688. The van der Waals surface area contributed by atoms with Crippen LogP contribution in [0, 0.1) is 11.8 Å². The fourth-order valence-electron chi connectivity index (χ4n) is 6.67. The lowest BCUT2D eigenvalue weighted by Gasteiger charge is -2.44. The highest BCUT2D eigenvalue weighted by molar-refractivity contribution is 5.87. The number of aromatic hydroxyl groups is 1. The molecular weight excluding hydrogens is 616 g/mol. The number of hydrogen-bond donors (Lipinski definition) is 8. The molecule has 1 aliphatic carbocycles. The zero-order valence-electron chi connectivity index (χ0n) is 24.5. The maximum Gasteiger partial charge on any atom is 0.331 e. The van der Waals surface area contributed by atoms with Crippen LogP contribution < -0.4 is 0 Å². The fourth-order valence-corrected chi connectivity index (χ4v) is 6.67. The van der Waals surface area contributed by atoms with Gasteiger partial charge in [0, 0.05) is 12.0 Å². The molecule has 8 N–H and O–H groups in total.